The minimum atomic E-state index is 0.396. The number of halogens is 2. The average molecular weight is 374 g/mol. The molecule has 0 radical (unpaired) electrons. The van der Waals surface area contributed by atoms with Crippen LogP contribution in [0.15, 0.2) is 24.4 Å². The quantitative estimate of drug-likeness (QED) is 0.658. The molecule has 3 aromatic rings. The summed E-state index contributed by atoms with van der Waals surface area (Å²) in [5.74, 6) is 0.840. The Bertz CT molecular complexity index is 960. The largest absolute Gasteiger partial charge is 0.365 e. The van der Waals surface area contributed by atoms with Crippen LogP contribution in [0.25, 0.3) is 16.9 Å². The number of imidazole rings is 1. The second-order valence-electron chi connectivity index (χ2n) is 6.37. The van der Waals surface area contributed by atoms with Crippen LogP contribution >= 0.6 is 23.2 Å². The van der Waals surface area contributed by atoms with Gasteiger partial charge in [-0.3, -0.25) is 5.10 Å². The van der Waals surface area contributed by atoms with Crippen molar-refractivity contribution in [3.8, 4) is 17.3 Å². The van der Waals surface area contributed by atoms with Crippen LogP contribution in [0.5, 0.6) is 0 Å². The summed E-state index contributed by atoms with van der Waals surface area (Å²) >= 11 is 12.4. The van der Waals surface area contributed by atoms with Gasteiger partial charge in [-0.25, -0.2) is 9.50 Å². The van der Waals surface area contributed by atoms with E-state index in [-0.39, 0.29) is 0 Å². The van der Waals surface area contributed by atoms with Gasteiger partial charge in [0.15, 0.2) is 11.5 Å². The van der Waals surface area contributed by atoms with Crippen LogP contribution in [-0.4, -0.2) is 20.6 Å². The van der Waals surface area contributed by atoms with E-state index in [1.165, 1.54) is 19.3 Å². The first-order valence-electron chi connectivity index (χ1n) is 8.39. The SMILES string of the molecule is N#Cc1c[nH]n2c(NC3CCCCC3)c(-c3ccc(Cl)cc3Cl)nc12. The van der Waals surface area contributed by atoms with Gasteiger partial charge < -0.3 is 5.32 Å². The lowest BCUT2D eigenvalue weighted by Crippen LogP contribution is -2.23. The molecule has 0 bridgehead atoms. The summed E-state index contributed by atoms with van der Waals surface area (Å²) in [6.07, 6.45) is 7.67. The number of nitrogens with one attached hydrogen (secondary N) is 2. The number of fused-ring (bicyclic) bond motifs is 1. The van der Waals surface area contributed by atoms with E-state index in [0.29, 0.717) is 27.3 Å². The number of benzene rings is 1. The summed E-state index contributed by atoms with van der Waals surface area (Å²) in [6, 6.07) is 7.94. The second kappa shape index (κ2) is 6.62. The van der Waals surface area contributed by atoms with Crippen molar-refractivity contribution in [2.45, 2.75) is 38.1 Å². The van der Waals surface area contributed by atoms with Gasteiger partial charge in [-0.15, -0.1) is 0 Å². The summed E-state index contributed by atoms with van der Waals surface area (Å²) in [7, 11) is 0. The van der Waals surface area contributed by atoms with Gasteiger partial charge in [0.1, 0.15) is 17.3 Å². The van der Waals surface area contributed by atoms with Crippen molar-refractivity contribution in [1.29, 1.82) is 5.26 Å². The number of anilines is 1. The van der Waals surface area contributed by atoms with Gasteiger partial charge in [0, 0.05) is 22.8 Å². The van der Waals surface area contributed by atoms with Crippen LogP contribution in [0.1, 0.15) is 37.7 Å². The highest BCUT2D eigenvalue weighted by molar-refractivity contribution is 6.36. The fourth-order valence-electron chi connectivity index (χ4n) is 3.45. The first-order valence-corrected chi connectivity index (χ1v) is 9.15. The van der Waals surface area contributed by atoms with Crippen molar-refractivity contribution < 1.29 is 0 Å². The number of hydrogen-bond acceptors (Lipinski definition) is 3. The van der Waals surface area contributed by atoms with E-state index in [9.17, 15) is 5.26 Å². The third kappa shape index (κ3) is 2.97. The Kier molecular flexibility index (Phi) is 4.32. The van der Waals surface area contributed by atoms with E-state index >= 15 is 0 Å². The molecule has 1 aromatic carbocycles. The Morgan fingerprint density at radius 3 is 2.76 bits per heavy atom. The summed E-state index contributed by atoms with van der Waals surface area (Å²) in [5.41, 5.74) is 2.63. The Morgan fingerprint density at radius 1 is 1.24 bits per heavy atom. The molecule has 7 heteroatoms. The standard InChI is InChI=1S/C18H17Cl2N5/c19-12-6-7-14(15(20)8-12)16-18(23-13-4-2-1-3-5-13)25-17(24-16)11(9-21)10-22-25/h6-8,10,13,22-23H,1-5H2. The van der Waals surface area contributed by atoms with E-state index in [0.717, 1.165) is 29.9 Å². The Hall–Kier alpha value is -2.16. The number of rotatable bonds is 3. The highest BCUT2D eigenvalue weighted by Crippen LogP contribution is 2.36. The first-order chi connectivity index (χ1) is 12.2. The molecule has 0 unspecified atom stereocenters. The molecular weight excluding hydrogens is 357 g/mol. The number of H-pyrrole nitrogens is 1. The molecule has 1 fully saturated rings. The smallest absolute Gasteiger partial charge is 0.173 e. The molecule has 0 saturated heterocycles. The number of hydrogen-bond donors (Lipinski definition) is 2. The van der Waals surface area contributed by atoms with Crippen LogP contribution in [0.2, 0.25) is 10.0 Å². The fourth-order valence-corrected chi connectivity index (χ4v) is 3.94. The van der Waals surface area contributed by atoms with Gasteiger partial charge in [-0.05, 0) is 31.0 Å². The monoisotopic (exact) mass is 373 g/mol. The zero-order valence-corrected chi connectivity index (χ0v) is 15.0. The minimum absolute atomic E-state index is 0.396. The molecule has 2 N–H and O–H groups in total. The van der Waals surface area contributed by atoms with Gasteiger partial charge >= 0.3 is 0 Å². The van der Waals surface area contributed by atoms with Crippen molar-refractivity contribution >= 4 is 34.7 Å². The van der Waals surface area contributed by atoms with E-state index < -0.39 is 0 Å². The van der Waals surface area contributed by atoms with E-state index in [2.05, 4.69) is 21.5 Å². The van der Waals surface area contributed by atoms with Crippen LogP contribution < -0.4 is 5.32 Å². The molecule has 0 spiro atoms. The second-order valence-corrected chi connectivity index (χ2v) is 7.21. The summed E-state index contributed by atoms with van der Waals surface area (Å²) in [4.78, 5) is 4.69. The lowest BCUT2D eigenvalue weighted by Gasteiger charge is -2.24. The Morgan fingerprint density at radius 2 is 2.04 bits per heavy atom. The lowest BCUT2D eigenvalue weighted by atomic mass is 9.95. The topological polar surface area (TPSA) is 68.9 Å². The molecule has 0 aliphatic heterocycles. The minimum Gasteiger partial charge on any atom is -0.365 e. The van der Waals surface area contributed by atoms with Crippen LogP contribution in [-0.2, 0) is 0 Å². The normalized spacial score (nSPS) is 15.4. The summed E-state index contributed by atoms with van der Waals surface area (Å²) < 4.78 is 1.83. The molecule has 0 amide bonds. The average Bonchev–Trinajstić information content (AvgIpc) is 3.16. The van der Waals surface area contributed by atoms with Gasteiger partial charge in [0.2, 0.25) is 0 Å². The summed E-state index contributed by atoms with van der Waals surface area (Å²) in [5, 5.41) is 17.2. The molecule has 5 nitrogen and oxygen atoms in total. The number of nitrogens with zero attached hydrogens (tertiary/aromatic N) is 3. The van der Waals surface area contributed by atoms with Gasteiger partial charge in [-0.2, -0.15) is 5.26 Å². The number of aromatic nitrogens is 3. The molecular formula is C18H17Cl2N5. The molecule has 2 heterocycles. The molecule has 2 aromatic heterocycles. The molecule has 25 heavy (non-hydrogen) atoms. The van der Waals surface area contributed by atoms with Gasteiger partial charge in [0.05, 0.1) is 5.02 Å². The third-order valence-electron chi connectivity index (χ3n) is 4.71. The summed E-state index contributed by atoms with van der Waals surface area (Å²) in [6.45, 7) is 0. The Balaban J connectivity index is 1.85. The molecule has 128 valence electrons. The zero-order valence-electron chi connectivity index (χ0n) is 13.5. The Labute approximate surface area is 155 Å². The maximum Gasteiger partial charge on any atom is 0.173 e. The molecule has 4 rings (SSSR count). The molecule has 1 aliphatic carbocycles. The van der Waals surface area contributed by atoms with E-state index in [1.54, 1.807) is 18.3 Å². The highest BCUT2D eigenvalue weighted by Gasteiger charge is 2.23. The third-order valence-corrected chi connectivity index (χ3v) is 5.26. The van der Waals surface area contributed by atoms with Crippen LogP contribution in [0.3, 0.4) is 0 Å². The predicted octanol–water partition coefficient (Wildman–Crippen LogP) is 5.25. The molecule has 1 aliphatic rings. The highest BCUT2D eigenvalue weighted by atomic mass is 35.5. The van der Waals surface area contributed by atoms with E-state index in [4.69, 9.17) is 23.2 Å². The van der Waals surface area contributed by atoms with Crippen molar-refractivity contribution in [1.82, 2.24) is 14.6 Å². The predicted molar refractivity (Wildman–Crippen MR) is 100 cm³/mol. The number of aromatic amines is 1. The number of nitriles is 1. The first kappa shape index (κ1) is 16.3. The lowest BCUT2D eigenvalue weighted by molar-refractivity contribution is 0.461. The van der Waals surface area contributed by atoms with Crippen LogP contribution in [0, 0.1) is 11.3 Å². The van der Waals surface area contributed by atoms with Crippen molar-refractivity contribution in [3.05, 3.63) is 40.0 Å². The zero-order chi connectivity index (χ0) is 17.4. The molecule has 1 saturated carbocycles. The van der Waals surface area contributed by atoms with Crippen molar-refractivity contribution in [2.75, 3.05) is 5.32 Å². The van der Waals surface area contributed by atoms with Crippen molar-refractivity contribution in [2.24, 2.45) is 0 Å². The maximum absolute atomic E-state index is 9.32. The fraction of sp³-hybridized carbons (Fsp3) is 0.333. The molecule has 0 atom stereocenters. The van der Waals surface area contributed by atoms with Gasteiger partial charge in [-0.1, -0.05) is 42.5 Å². The van der Waals surface area contributed by atoms with Crippen LogP contribution in [0.4, 0.5) is 5.82 Å². The van der Waals surface area contributed by atoms with Gasteiger partial charge in [0.25, 0.3) is 0 Å². The van der Waals surface area contributed by atoms with Crippen molar-refractivity contribution in [3.63, 3.8) is 0 Å². The maximum atomic E-state index is 9.32. The van der Waals surface area contributed by atoms with E-state index in [1.807, 2.05) is 10.6 Å².